The highest BCUT2D eigenvalue weighted by Gasteiger charge is 2.23. The lowest BCUT2D eigenvalue weighted by molar-refractivity contribution is 0.143. The summed E-state index contributed by atoms with van der Waals surface area (Å²) in [6.07, 6.45) is 8.49. The van der Waals surface area contributed by atoms with Gasteiger partial charge in [0, 0.05) is 6.20 Å². The molecular formula is C14H22N2. The van der Waals surface area contributed by atoms with E-state index in [0.717, 1.165) is 0 Å². The van der Waals surface area contributed by atoms with Crippen molar-refractivity contribution in [3.8, 4) is 0 Å². The van der Waals surface area contributed by atoms with E-state index in [-0.39, 0.29) is 0 Å². The van der Waals surface area contributed by atoms with Crippen LogP contribution < -0.4 is 0 Å². The summed E-state index contributed by atoms with van der Waals surface area (Å²) in [7, 11) is 0. The zero-order valence-corrected chi connectivity index (χ0v) is 10.2. The molecule has 2 heteroatoms. The van der Waals surface area contributed by atoms with Gasteiger partial charge in [-0.15, -0.1) is 0 Å². The van der Waals surface area contributed by atoms with Gasteiger partial charge in [0.1, 0.15) is 0 Å². The Bertz CT molecular complexity index is 297. The molecule has 1 atom stereocenters. The topological polar surface area (TPSA) is 16.1 Å². The molecule has 16 heavy (non-hydrogen) atoms. The van der Waals surface area contributed by atoms with E-state index in [2.05, 4.69) is 28.9 Å². The Morgan fingerprint density at radius 2 is 2.31 bits per heavy atom. The van der Waals surface area contributed by atoms with E-state index < -0.39 is 0 Å². The molecule has 0 aromatic carbocycles. The first-order valence-corrected chi connectivity index (χ1v) is 6.57. The van der Waals surface area contributed by atoms with Crippen LogP contribution in [0.15, 0.2) is 24.4 Å². The van der Waals surface area contributed by atoms with Crippen molar-refractivity contribution in [2.45, 2.75) is 45.1 Å². The smallest absolute Gasteiger partial charge is 0.0575 e. The van der Waals surface area contributed by atoms with E-state index in [9.17, 15) is 0 Å². The summed E-state index contributed by atoms with van der Waals surface area (Å²) >= 11 is 0. The van der Waals surface area contributed by atoms with Crippen molar-refractivity contribution in [1.82, 2.24) is 9.88 Å². The van der Waals surface area contributed by atoms with Gasteiger partial charge in [-0.3, -0.25) is 9.88 Å². The fourth-order valence-corrected chi connectivity index (χ4v) is 2.53. The Balaban J connectivity index is 2.04. The van der Waals surface area contributed by atoms with E-state index in [1.165, 1.54) is 50.9 Å². The number of pyridine rings is 1. The molecule has 1 aromatic heterocycles. The maximum atomic E-state index is 4.52. The second-order valence-electron chi connectivity index (χ2n) is 4.66. The number of likely N-dealkylation sites (tertiary alicyclic amines) is 1. The van der Waals surface area contributed by atoms with Crippen molar-refractivity contribution >= 4 is 0 Å². The second-order valence-corrected chi connectivity index (χ2v) is 4.66. The summed E-state index contributed by atoms with van der Waals surface area (Å²) in [4.78, 5) is 7.14. The molecule has 0 bridgehead atoms. The van der Waals surface area contributed by atoms with Crippen LogP contribution in [0.5, 0.6) is 0 Å². The minimum atomic E-state index is 0.571. The van der Waals surface area contributed by atoms with E-state index in [0.29, 0.717) is 6.04 Å². The minimum Gasteiger partial charge on any atom is -0.295 e. The predicted molar refractivity (Wildman–Crippen MR) is 67.3 cm³/mol. The highest BCUT2D eigenvalue weighted by atomic mass is 15.2. The third-order valence-corrected chi connectivity index (χ3v) is 3.44. The van der Waals surface area contributed by atoms with Crippen LogP contribution in [0.3, 0.4) is 0 Å². The van der Waals surface area contributed by atoms with Crippen LogP contribution in [0, 0.1) is 0 Å². The normalized spacial score (nSPS) is 22.2. The van der Waals surface area contributed by atoms with Crippen molar-refractivity contribution in [2.24, 2.45) is 0 Å². The lowest BCUT2D eigenvalue weighted by Gasteiger charge is -2.35. The number of nitrogens with zero attached hydrogens (tertiary/aromatic N) is 2. The van der Waals surface area contributed by atoms with Gasteiger partial charge in [-0.05, 0) is 44.5 Å². The van der Waals surface area contributed by atoms with Gasteiger partial charge in [-0.2, -0.15) is 0 Å². The first-order valence-electron chi connectivity index (χ1n) is 6.57. The van der Waals surface area contributed by atoms with Gasteiger partial charge < -0.3 is 0 Å². The molecule has 1 fully saturated rings. The van der Waals surface area contributed by atoms with E-state index in [1.54, 1.807) is 0 Å². The molecule has 0 spiro atoms. The van der Waals surface area contributed by atoms with Crippen LogP contribution in [0.2, 0.25) is 0 Å². The van der Waals surface area contributed by atoms with Crippen LogP contribution in [-0.2, 0) is 0 Å². The third kappa shape index (κ3) is 2.82. The van der Waals surface area contributed by atoms with Crippen molar-refractivity contribution in [3.63, 3.8) is 0 Å². The Hall–Kier alpha value is -0.890. The van der Waals surface area contributed by atoms with Gasteiger partial charge in [-0.25, -0.2) is 0 Å². The first kappa shape index (κ1) is 11.6. The van der Waals surface area contributed by atoms with Crippen LogP contribution in [-0.4, -0.2) is 23.0 Å². The molecule has 1 saturated heterocycles. The van der Waals surface area contributed by atoms with Gasteiger partial charge in [-0.1, -0.05) is 25.8 Å². The SMILES string of the molecule is CCCCN1CCCC[C@H]1c1ccccn1. The Morgan fingerprint density at radius 3 is 3.06 bits per heavy atom. The summed E-state index contributed by atoms with van der Waals surface area (Å²) in [5.74, 6) is 0. The summed E-state index contributed by atoms with van der Waals surface area (Å²) < 4.78 is 0. The predicted octanol–water partition coefficient (Wildman–Crippen LogP) is 3.41. The molecule has 1 aromatic rings. The van der Waals surface area contributed by atoms with E-state index in [4.69, 9.17) is 0 Å². The molecular weight excluding hydrogens is 196 g/mol. The van der Waals surface area contributed by atoms with Crippen molar-refractivity contribution in [3.05, 3.63) is 30.1 Å². The van der Waals surface area contributed by atoms with E-state index >= 15 is 0 Å². The van der Waals surface area contributed by atoms with Crippen LogP contribution in [0.4, 0.5) is 0 Å². The monoisotopic (exact) mass is 218 g/mol. The third-order valence-electron chi connectivity index (χ3n) is 3.44. The Labute approximate surface area is 98.7 Å². The van der Waals surface area contributed by atoms with Crippen LogP contribution >= 0.6 is 0 Å². The molecule has 0 saturated carbocycles. The fourth-order valence-electron chi connectivity index (χ4n) is 2.53. The van der Waals surface area contributed by atoms with Crippen molar-refractivity contribution in [1.29, 1.82) is 0 Å². The summed E-state index contributed by atoms with van der Waals surface area (Å²) in [5, 5.41) is 0. The number of rotatable bonds is 4. The van der Waals surface area contributed by atoms with Crippen LogP contribution in [0.25, 0.3) is 0 Å². The van der Waals surface area contributed by atoms with Crippen molar-refractivity contribution in [2.75, 3.05) is 13.1 Å². The maximum Gasteiger partial charge on any atom is 0.0575 e. The highest BCUT2D eigenvalue weighted by Crippen LogP contribution is 2.29. The minimum absolute atomic E-state index is 0.571. The molecule has 2 nitrogen and oxygen atoms in total. The highest BCUT2D eigenvalue weighted by molar-refractivity contribution is 5.09. The summed E-state index contributed by atoms with van der Waals surface area (Å²) in [5.41, 5.74) is 1.26. The van der Waals surface area contributed by atoms with Gasteiger partial charge in [0.05, 0.1) is 11.7 Å². The zero-order valence-electron chi connectivity index (χ0n) is 10.2. The maximum absolute atomic E-state index is 4.52. The number of aromatic nitrogens is 1. The average Bonchev–Trinajstić information content (AvgIpc) is 2.38. The zero-order chi connectivity index (χ0) is 11.2. The van der Waals surface area contributed by atoms with Gasteiger partial charge in [0.2, 0.25) is 0 Å². The number of hydrogen-bond donors (Lipinski definition) is 0. The molecule has 88 valence electrons. The molecule has 1 aliphatic rings. The van der Waals surface area contributed by atoms with Crippen molar-refractivity contribution < 1.29 is 0 Å². The van der Waals surface area contributed by atoms with Gasteiger partial charge in [0.25, 0.3) is 0 Å². The Kier molecular flexibility index (Phi) is 4.34. The summed E-state index contributed by atoms with van der Waals surface area (Å²) in [6.45, 7) is 4.75. The first-order chi connectivity index (χ1) is 7.92. The average molecular weight is 218 g/mol. The van der Waals surface area contributed by atoms with E-state index in [1.807, 2.05) is 12.3 Å². The summed E-state index contributed by atoms with van der Waals surface area (Å²) in [6, 6.07) is 6.86. The quantitative estimate of drug-likeness (QED) is 0.770. The molecule has 0 unspecified atom stereocenters. The molecule has 2 heterocycles. The largest absolute Gasteiger partial charge is 0.295 e. The van der Waals surface area contributed by atoms with Gasteiger partial charge in [0.15, 0.2) is 0 Å². The number of piperidine rings is 1. The second kappa shape index (κ2) is 6.00. The van der Waals surface area contributed by atoms with Crippen LogP contribution in [0.1, 0.15) is 50.8 Å². The Morgan fingerprint density at radius 1 is 1.38 bits per heavy atom. The number of unbranched alkanes of at least 4 members (excludes halogenated alkanes) is 1. The van der Waals surface area contributed by atoms with Gasteiger partial charge >= 0.3 is 0 Å². The molecule has 0 aliphatic carbocycles. The molecule has 0 amide bonds. The molecule has 0 N–H and O–H groups in total. The number of hydrogen-bond acceptors (Lipinski definition) is 2. The lowest BCUT2D eigenvalue weighted by Crippen LogP contribution is -2.34. The lowest BCUT2D eigenvalue weighted by atomic mass is 9.98. The molecule has 1 aliphatic heterocycles. The molecule has 0 radical (unpaired) electrons. The molecule has 2 rings (SSSR count). The fraction of sp³-hybridized carbons (Fsp3) is 0.643. The standard InChI is InChI=1S/C14H22N2/c1-2-3-11-16-12-7-5-9-14(16)13-8-4-6-10-15-13/h4,6,8,10,14H,2-3,5,7,9,11-12H2,1H3/t14-/m0/s1.